The van der Waals surface area contributed by atoms with Crippen molar-refractivity contribution in [1.29, 1.82) is 0 Å². The van der Waals surface area contributed by atoms with Gasteiger partial charge in [0.1, 0.15) is 5.58 Å². The molecule has 0 aliphatic carbocycles. The predicted octanol–water partition coefficient (Wildman–Crippen LogP) is 9.14. The van der Waals surface area contributed by atoms with Gasteiger partial charge in [-0.3, -0.25) is 4.98 Å². The Morgan fingerprint density at radius 2 is 1.63 bits per heavy atom. The Hall–Kier alpha value is -3.44. The monoisotopic (exact) mass is 762 g/mol. The van der Waals surface area contributed by atoms with Gasteiger partial charge in [0.25, 0.3) is 0 Å². The third-order valence-electron chi connectivity index (χ3n) is 7.28. The predicted molar refractivity (Wildman–Crippen MR) is 178 cm³/mol. The Kier molecular flexibility index (Phi) is 9.85. The quantitative estimate of drug-likeness (QED) is 0.133. The van der Waals surface area contributed by atoms with Crippen LogP contribution in [-0.2, 0) is 26.5 Å². The van der Waals surface area contributed by atoms with Gasteiger partial charge in [-0.15, -0.1) is 53.2 Å². The van der Waals surface area contributed by atoms with Crippen LogP contribution in [0.2, 0.25) is 19.6 Å². The Morgan fingerprint density at radius 3 is 2.30 bits per heavy atom. The molecule has 4 heterocycles. The Morgan fingerprint density at radius 1 is 0.837 bits per heavy atom. The molecule has 6 heteroatoms. The fourth-order valence-corrected chi connectivity index (χ4v) is 6.56. The first-order valence-electron chi connectivity index (χ1n) is 14.5. The summed E-state index contributed by atoms with van der Waals surface area (Å²) in [5, 5.41) is 2.46. The molecule has 2 aromatic carbocycles. The summed E-state index contributed by atoms with van der Waals surface area (Å²) >= 11 is 0. The van der Waals surface area contributed by atoms with Crippen LogP contribution in [0, 0.1) is 31.4 Å². The zero-order chi connectivity index (χ0) is 30.1. The number of hydrogen-bond acceptors (Lipinski definition) is 4. The zero-order valence-electron chi connectivity index (χ0n) is 26.3. The van der Waals surface area contributed by atoms with Crippen LogP contribution in [0.5, 0.6) is 0 Å². The van der Waals surface area contributed by atoms with Crippen molar-refractivity contribution in [2.75, 3.05) is 0 Å². The largest absolute Gasteiger partial charge is 0.499 e. The van der Waals surface area contributed by atoms with Gasteiger partial charge in [0.05, 0.1) is 11.1 Å². The fourth-order valence-electron chi connectivity index (χ4n) is 5.08. The second-order valence-electron chi connectivity index (χ2n) is 13.2. The maximum Gasteiger partial charge on any atom is 0.139 e. The van der Waals surface area contributed by atoms with Gasteiger partial charge in [-0.05, 0) is 66.2 Å². The molecule has 0 atom stereocenters. The summed E-state index contributed by atoms with van der Waals surface area (Å²) in [5.41, 5.74) is 10.5. The van der Waals surface area contributed by atoms with Crippen LogP contribution in [0.15, 0.2) is 83.7 Å². The number of nitrogens with zero attached hydrogens (tertiary/aromatic N) is 3. The summed E-state index contributed by atoms with van der Waals surface area (Å²) in [6.07, 6.45) is 6.64. The molecular formula is C37H39IrN3OSi-2. The van der Waals surface area contributed by atoms with Gasteiger partial charge in [0, 0.05) is 46.8 Å². The molecule has 1 radical (unpaired) electrons. The van der Waals surface area contributed by atoms with E-state index in [9.17, 15) is 0 Å². The van der Waals surface area contributed by atoms with Crippen LogP contribution < -0.4 is 5.19 Å². The molecule has 6 aromatic rings. The molecule has 0 spiro atoms. The van der Waals surface area contributed by atoms with Crippen molar-refractivity contribution >= 4 is 35.3 Å². The van der Waals surface area contributed by atoms with Gasteiger partial charge < -0.3 is 14.4 Å². The second kappa shape index (κ2) is 13.0. The molecule has 0 aliphatic heterocycles. The minimum absolute atomic E-state index is 0. The van der Waals surface area contributed by atoms with Crippen LogP contribution in [0.1, 0.15) is 37.5 Å². The molecule has 223 valence electrons. The molecule has 0 saturated heterocycles. The molecule has 0 amide bonds. The minimum atomic E-state index is -1.60. The maximum atomic E-state index is 6.30. The smallest absolute Gasteiger partial charge is 0.139 e. The molecule has 0 aliphatic rings. The standard InChI is InChI=1S/C24H27N2OSi.C13H12N.Ir/c1-24(2,3)15-16-11-13-25-18(14-16)17-9-10-20(28(4,5)6)21-22-19(27-23(17)21)8-7-12-26-22;1-10-8-13(14-9-11(10)2)12-6-4-3-5-7-12;/h7-8,10-14H,15H2,1-6H3;3-6,8-9H,1-2H3;/q2*-1;. The molecule has 4 aromatic heterocycles. The number of aryl methyl sites for hydroxylation is 2. The van der Waals surface area contributed by atoms with E-state index in [0.29, 0.717) is 0 Å². The third-order valence-corrected chi connectivity index (χ3v) is 9.29. The van der Waals surface area contributed by atoms with Crippen LogP contribution in [0.3, 0.4) is 0 Å². The zero-order valence-corrected chi connectivity index (χ0v) is 29.7. The number of benzene rings is 2. The minimum Gasteiger partial charge on any atom is -0.499 e. The van der Waals surface area contributed by atoms with Crippen molar-refractivity contribution in [1.82, 2.24) is 15.0 Å². The van der Waals surface area contributed by atoms with E-state index in [1.807, 2.05) is 55.0 Å². The first kappa shape index (κ1) is 32.5. The van der Waals surface area contributed by atoms with Crippen LogP contribution in [0.25, 0.3) is 44.6 Å². The molecule has 0 unspecified atom stereocenters. The third kappa shape index (κ3) is 7.56. The Bertz CT molecular complexity index is 1850. The van der Waals surface area contributed by atoms with Crippen molar-refractivity contribution in [3.63, 3.8) is 0 Å². The van der Waals surface area contributed by atoms with Crippen molar-refractivity contribution in [2.45, 2.75) is 60.7 Å². The van der Waals surface area contributed by atoms with Crippen molar-refractivity contribution in [3.05, 3.63) is 108 Å². The summed E-state index contributed by atoms with van der Waals surface area (Å²) in [6, 6.07) is 27.0. The van der Waals surface area contributed by atoms with E-state index in [2.05, 4.69) is 106 Å². The van der Waals surface area contributed by atoms with Gasteiger partial charge in [0.2, 0.25) is 0 Å². The van der Waals surface area contributed by atoms with Crippen molar-refractivity contribution < 1.29 is 24.5 Å². The molecule has 0 bridgehead atoms. The van der Waals surface area contributed by atoms with E-state index in [-0.39, 0.29) is 25.5 Å². The summed E-state index contributed by atoms with van der Waals surface area (Å²) in [7, 11) is -1.60. The van der Waals surface area contributed by atoms with Crippen molar-refractivity contribution in [2.24, 2.45) is 5.41 Å². The maximum absolute atomic E-state index is 6.30. The van der Waals surface area contributed by atoms with E-state index in [4.69, 9.17) is 4.42 Å². The van der Waals surface area contributed by atoms with E-state index in [1.54, 1.807) is 0 Å². The molecule has 0 fully saturated rings. The molecule has 6 rings (SSSR count). The summed E-state index contributed by atoms with van der Waals surface area (Å²) < 4.78 is 6.30. The fraction of sp³-hybridized carbons (Fsp3) is 0.270. The van der Waals surface area contributed by atoms with Gasteiger partial charge in [-0.25, -0.2) is 0 Å². The molecule has 0 saturated carbocycles. The number of furan rings is 1. The van der Waals surface area contributed by atoms with E-state index >= 15 is 0 Å². The summed E-state index contributed by atoms with van der Waals surface area (Å²) in [6.45, 7) is 18.0. The average Bonchev–Trinajstić information content (AvgIpc) is 3.33. The van der Waals surface area contributed by atoms with E-state index in [1.165, 1.54) is 21.9 Å². The van der Waals surface area contributed by atoms with Crippen LogP contribution in [-0.4, -0.2) is 23.0 Å². The Balaban J connectivity index is 0.000000238. The molecule has 43 heavy (non-hydrogen) atoms. The SMILES string of the molecule is CC(C)(C)Cc1ccnc(-c2[c-]cc([Si](C)(C)C)c3c2oc2cccnc23)c1.Cc1cnc(-c2[c-]cccc2)cc1C.[Ir]. The average molecular weight is 762 g/mol. The van der Waals surface area contributed by atoms with Gasteiger partial charge in [0.15, 0.2) is 0 Å². The normalized spacial score (nSPS) is 11.6. The number of aromatic nitrogens is 3. The first-order valence-corrected chi connectivity index (χ1v) is 18.0. The first-order chi connectivity index (χ1) is 19.9. The number of pyridine rings is 3. The molecular weight excluding hydrogens is 723 g/mol. The van der Waals surface area contributed by atoms with Crippen LogP contribution >= 0.6 is 0 Å². The topological polar surface area (TPSA) is 51.8 Å². The van der Waals surface area contributed by atoms with E-state index in [0.717, 1.165) is 51.0 Å². The van der Waals surface area contributed by atoms with Gasteiger partial charge in [-0.1, -0.05) is 69.2 Å². The molecule has 0 N–H and O–H groups in total. The number of fused-ring (bicyclic) bond motifs is 3. The summed E-state index contributed by atoms with van der Waals surface area (Å²) in [4.78, 5) is 13.7. The number of rotatable bonds is 4. The van der Waals surface area contributed by atoms with Gasteiger partial charge >= 0.3 is 0 Å². The summed E-state index contributed by atoms with van der Waals surface area (Å²) in [5.74, 6) is 0. The van der Waals surface area contributed by atoms with E-state index < -0.39 is 8.07 Å². The van der Waals surface area contributed by atoms with Gasteiger partial charge in [-0.2, -0.15) is 0 Å². The number of hydrogen-bond donors (Lipinski definition) is 0. The Labute approximate surface area is 270 Å². The second-order valence-corrected chi connectivity index (χ2v) is 18.2. The molecule has 4 nitrogen and oxygen atoms in total. The van der Waals surface area contributed by atoms with Crippen LogP contribution in [0.4, 0.5) is 0 Å². The van der Waals surface area contributed by atoms with Crippen molar-refractivity contribution in [3.8, 4) is 22.5 Å².